The maximum absolute atomic E-state index is 13.0. The van der Waals surface area contributed by atoms with Gasteiger partial charge < -0.3 is 14.5 Å². The molecule has 0 spiro atoms. The smallest absolute Gasteiger partial charge is 0.261 e. The Bertz CT molecular complexity index is 962. The lowest BCUT2D eigenvalue weighted by molar-refractivity contribution is -0.134. The third kappa shape index (κ3) is 5.51. The zero-order valence-electron chi connectivity index (χ0n) is 17.4. The number of rotatable bonds is 8. The third-order valence-corrected chi connectivity index (χ3v) is 5.37. The topological polar surface area (TPSA) is 49.9 Å². The van der Waals surface area contributed by atoms with E-state index in [1.807, 2.05) is 89.8 Å². The first-order valence-electron chi connectivity index (χ1n) is 10.6. The van der Waals surface area contributed by atoms with Gasteiger partial charge in [0.15, 0.2) is 6.61 Å². The van der Waals surface area contributed by atoms with Gasteiger partial charge in [-0.2, -0.15) is 0 Å². The SMILES string of the molecule is O=C(COc1ccc(N2CCCC2=O)cc1)N(Cc1ccccc1)Cc1ccccc1. The number of carbonyl (C=O) groups is 2. The van der Waals surface area contributed by atoms with Gasteiger partial charge in [-0.05, 0) is 41.8 Å². The van der Waals surface area contributed by atoms with Crippen LogP contribution in [0.5, 0.6) is 5.75 Å². The van der Waals surface area contributed by atoms with Crippen molar-refractivity contribution in [3.8, 4) is 5.75 Å². The Labute approximate surface area is 182 Å². The molecule has 1 aliphatic rings. The lowest BCUT2D eigenvalue weighted by atomic mass is 10.1. The lowest BCUT2D eigenvalue weighted by Crippen LogP contribution is -2.34. The summed E-state index contributed by atoms with van der Waals surface area (Å²) >= 11 is 0. The molecular formula is C26H26N2O3. The Hall–Kier alpha value is -3.60. The first-order chi connectivity index (χ1) is 15.2. The second-order valence-corrected chi connectivity index (χ2v) is 7.65. The fourth-order valence-electron chi connectivity index (χ4n) is 3.72. The number of hydrogen-bond donors (Lipinski definition) is 0. The van der Waals surface area contributed by atoms with Gasteiger partial charge in [-0.15, -0.1) is 0 Å². The molecule has 3 aromatic carbocycles. The van der Waals surface area contributed by atoms with E-state index in [-0.39, 0.29) is 18.4 Å². The summed E-state index contributed by atoms with van der Waals surface area (Å²) in [5.41, 5.74) is 3.02. The van der Waals surface area contributed by atoms with Crippen molar-refractivity contribution in [1.29, 1.82) is 0 Å². The van der Waals surface area contributed by atoms with Crippen LogP contribution in [-0.2, 0) is 22.7 Å². The van der Waals surface area contributed by atoms with Crippen LogP contribution in [-0.4, -0.2) is 29.9 Å². The lowest BCUT2D eigenvalue weighted by Gasteiger charge is -2.23. The average molecular weight is 415 g/mol. The van der Waals surface area contributed by atoms with Crippen molar-refractivity contribution >= 4 is 17.5 Å². The van der Waals surface area contributed by atoms with Crippen LogP contribution in [0.15, 0.2) is 84.9 Å². The first kappa shape index (κ1) is 20.7. The molecular weight excluding hydrogens is 388 g/mol. The molecule has 3 aromatic rings. The quantitative estimate of drug-likeness (QED) is 0.548. The Balaban J connectivity index is 1.40. The highest BCUT2D eigenvalue weighted by atomic mass is 16.5. The molecule has 0 N–H and O–H groups in total. The monoisotopic (exact) mass is 414 g/mol. The molecule has 5 heteroatoms. The maximum Gasteiger partial charge on any atom is 0.261 e. The van der Waals surface area contributed by atoms with Gasteiger partial charge in [0.05, 0.1) is 0 Å². The van der Waals surface area contributed by atoms with Gasteiger partial charge in [0.2, 0.25) is 5.91 Å². The molecule has 0 bridgehead atoms. The largest absolute Gasteiger partial charge is 0.484 e. The molecule has 31 heavy (non-hydrogen) atoms. The van der Waals surface area contributed by atoms with Gasteiger partial charge in [0.25, 0.3) is 5.91 Å². The molecule has 4 rings (SSSR count). The standard InChI is InChI=1S/C26H26N2O3/c29-25-12-7-17-28(25)23-13-15-24(16-14-23)31-20-26(30)27(18-21-8-3-1-4-9-21)19-22-10-5-2-6-11-22/h1-6,8-11,13-16H,7,12,17-20H2. The fourth-order valence-corrected chi connectivity index (χ4v) is 3.72. The molecule has 0 radical (unpaired) electrons. The maximum atomic E-state index is 13.0. The van der Waals surface area contributed by atoms with Crippen molar-refractivity contribution in [2.75, 3.05) is 18.1 Å². The van der Waals surface area contributed by atoms with Crippen LogP contribution >= 0.6 is 0 Å². The van der Waals surface area contributed by atoms with Crippen LogP contribution in [0.1, 0.15) is 24.0 Å². The van der Waals surface area contributed by atoms with E-state index in [4.69, 9.17) is 4.74 Å². The molecule has 0 atom stereocenters. The van der Waals surface area contributed by atoms with Crippen molar-refractivity contribution in [1.82, 2.24) is 4.90 Å². The molecule has 158 valence electrons. The van der Waals surface area contributed by atoms with Gasteiger partial charge in [-0.1, -0.05) is 60.7 Å². The van der Waals surface area contributed by atoms with Crippen LogP contribution < -0.4 is 9.64 Å². The first-order valence-corrected chi connectivity index (χ1v) is 10.6. The van der Waals surface area contributed by atoms with E-state index in [0.29, 0.717) is 25.3 Å². The van der Waals surface area contributed by atoms with E-state index >= 15 is 0 Å². The molecule has 1 fully saturated rings. The summed E-state index contributed by atoms with van der Waals surface area (Å²) < 4.78 is 5.77. The summed E-state index contributed by atoms with van der Waals surface area (Å²) in [6.45, 7) is 1.76. The van der Waals surface area contributed by atoms with E-state index in [1.165, 1.54) is 0 Å². The predicted octanol–water partition coefficient (Wildman–Crippen LogP) is 4.42. The summed E-state index contributed by atoms with van der Waals surface area (Å²) in [5.74, 6) is 0.691. The zero-order valence-corrected chi connectivity index (χ0v) is 17.4. The molecule has 0 saturated carbocycles. The van der Waals surface area contributed by atoms with Crippen LogP contribution in [0, 0.1) is 0 Å². The summed E-state index contributed by atoms with van der Waals surface area (Å²) in [4.78, 5) is 28.5. The fraction of sp³-hybridized carbons (Fsp3) is 0.231. The van der Waals surface area contributed by atoms with Gasteiger partial charge in [-0.3, -0.25) is 9.59 Å². The average Bonchev–Trinajstić information content (AvgIpc) is 3.24. The van der Waals surface area contributed by atoms with Crippen LogP contribution in [0.4, 0.5) is 5.69 Å². The Morgan fingerprint density at radius 3 is 1.94 bits per heavy atom. The predicted molar refractivity (Wildman–Crippen MR) is 121 cm³/mol. The summed E-state index contributed by atoms with van der Waals surface area (Å²) in [6.07, 6.45) is 1.50. The van der Waals surface area contributed by atoms with E-state index in [1.54, 1.807) is 4.90 Å². The van der Waals surface area contributed by atoms with Crippen LogP contribution in [0.25, 0.3) is 0 Å². The van der Waals surface area contributed by atoms with Crippen molar-refractivity contribution in [2.24, 2.45) is 0 Å². The molecule has 0 aliphatic carbocycles. The molecule has 1 saturated heterocycles. The molecule has 0 aromatic heterocycles. The molecule has 0 unspecified atom stereocenters. The van der Waals surface area contributed by atoms with Gasteiger partial charge >= 0.3 is 0 Å². The number of benzene rings is 3. The van der Waals surface area contributed by atoms with E-state index in [2.05, 4.69) is 0 Å². The van der Waals surface area contributed by atoms with Crippen LogP contribution in [0.3, 0.4) is 0 Å². The highest BCUT2D eigenvalue weighted by Crippen LogP contribution is 2.24. The van der Waals surface area contributed by atoms with E-state index in [0.717, 1.165) is 29.8 Å². The van der Waals surface area contributed by atoms with Crippen molar-refractivity contribution in [3.05, 3.63) is 96.1 Å². The minimum atomic E-state index is -0.0773. The molecule has 1 heterocycles. The van der Waals surface area contributed by atoms with Crippen LogP contribution in [0.2, 0.25) is 0 Å². The summed E-state index contributed by atoms with van der Waals surface area (Å²) in [7, 11) is 0. The normalized spacial score (nSPS) is 13.3. The number of ether oxygens (including phenoxy) is 1. The minimum absolute atomic E-state index is 0.0400. The highest BCUT2D eigenvalue weighted by Gasteiger charge is 2.21. The van der Waals surface area contributed by atoms with Gasteiger partial charge in [0.1, 0.15) is 5.75 Å². The summed E-state index contributed by atoms with van der Waals surface area (Å²) in [5, 5.41) is 0. The zero-order chi connectivity index (χ0) is 21.5. The Morgan fingerprint density at radius 1 is 0.839 bits per heavy atom. The van der Waals surface area contributed by atoms with Gasteiger partial charge in [-0.25, -0.2) is 0 Å². The van der Waals surface area contributed by atoms with Crippen molar-refractivity contribution in [2.45, 2.75) is 25.9 Å². The Morgan fingerprint density at radius 2 is 1.42 bits per heavy atom. The number of carbonyl (C=O) groups excluding carboxylic acids is 2. The highest BCUT2D eigenvalue weighted by molar-refractivity contribution is 5.95. The molecule has 5 nitrogen and oxygen atoms in total. The third-order valence-electron chi connectivity index (χ3n) is 5.37. The second kappa shape index (κ2) is 9.94. The van der Waals surface area contributed by atoms with E-state index < -0.39 is 0 Å². The number of nitrogens with zero attached hydrogens (tertiary/aromatic N) is 2. The molecule has 1 aliphatic heterocycles. The second-order valence-electron chi connectivity index (χ2n) is 7.65. The number of hydrogen-bond acceptors (Lipinski definition) is 3. The van der Waals surface area contributed by atoms with Crippen molar-refractivity contribution < 1.29 is 14.3 Å². The minimum Gasteiger partial charge on any atom is -0.484 e. The summed E-state index contributed by atoms with van der Waals surface area (Å²) in [6, 6.07) is 27.3. The van der Waals surface area contributed by atoms with E-state index in [9.17, 15) is 9.59 Å². The molecule has 2 amide bonds. The number of amides is 2. The number of anilines is 1. The van der Waals surface area contributed by atoms with Crippen molar-refractivity contribution in [3.63, 3.8) is 0 Å². The Kier molecular flexibility index (Phi) is 6.62. The van der Waals surface area contributed by atoms with Gasteiger partial charge in [0, 0.05) is 31.7 Å².